The topological polar surface area (TPSA) is 43.6 Å². The Labute approximate surface area is 128 Å². The van der Waals surface area contributed by atoms with E-state index in [1.165, 1.54) is 5.56 Å². The van der Waals surface area contributed by atoms with Gasteiger partial charge in [-0.3, -0.25) is 0 Å². The van der Waals surface area contributed by atoms with Crippen molar-refractivity contribution in [3.05, 3.63) is 29.8 Å². The summed E-state index contributed by atoms with van der Waals surface area (Å²) in [6.07, 6.45) is 0.788. The lowest BCUT2D eigenvalue weighted by Crippen LogP contribution is -2.07. The first-order valence-corrected chi connectivity index (χ1v) is 7.47. The first-order chi connectivity index (χ1) is 9.45. The van der Waals surface area contributed by atoms with Crippen LogP contribution in [0.15, 0.2) is 24.3 Å². The van der Waals surface area contributed by atoms with E-state index in [2.05, 4.69) is 41.4 Å². The first kappa shape index (κ1) is 13.8. The quantitative estimate of drug-likeness (QED) is 0.809. The van der Waals surface area contributed by atoms with Gasteiger partial charge < -0.3 is 0 Å². The van der Waals surface area contributed by atoms with Crippen LogP contribution >= 0.6 is 23.2 Å². The zero-order chi connectivity index (χ0) is 14.3. The van der Waals surface area contributed by atoms with E-state index in [1.54, 1.807) is 4.80 Å². The molecule has 0 radical (unpaired) electrons. The molecule has 4 nitrogen and oxygen atoms in total. The van der Waals surface area contributed by atoms with E-state index in [0.29, 0.717) is 18.3 Å². The number of alkyl halides is 2. The van der Waals surface area contributed by atoms with Crippen LogP contribution in [0.3, 0.4) is 0 Å². The molecule has 0 spiro atoms. The van der Waals surface area contributed by atoms with Gasteiger partial charge in [-0.15, -0.1) is 33.4 Å². The molecule has 1 aliphatic carbocycles. The molecule has 0 saturated heterocycles. The van der Waals surface area contributed by atoms with Crippen molar-refractivity contribution in [1.82, 2.24) is 20.2 Å². The van der Waals surface area contributed by atoms with E-state index in [1.807, 2.05) is 12.1 Å². The molecular formula is C14H16Cl2N4. The molecular weight excluding hydrogens is 295 g/mol. The Kier molecular flexibility index (Phi) is 3.46. The highest BCUT2D eigenvalue weighted by molar-refractivity contribution is 6.50. The standard InChI is InChI=1S/C14H16Cl2N4/c1-9(2)10-3-5-11(6-4-10)13-17-19-20(18-13)8-12-7-14(12,15)16/h3-6,9,12H,7-8H2,1-2H3/t12-/m1/s1. The van der Waals surface area contributed by atoms with Crippen LogP contribution in [-0.4, -0.2) is 24.5 Å². The van der Waals surface area contributed by atoms with Crippen molar-refractivity contribution in [2.24, 2.45) is 5.92 Å². The van der Waals surface area contributed by atoms with Crippen LogP contribution in [-0.2, 0) is 6.54 Å². The van der Waals surface area contributed by atoms with Crippen LogP contribution in [0.5, 0.6) is 0 Å². The van der Waals surface area contributed by atoms with Gasteiger partial charge in [-0.05, 0) is 23.1 Å². The van der Waals surface area contributed by atoms with Gasteiger partial charge in [-0.2, -0.15) is 4.80 Å². The fraction of sp³-hybridized carbons (Fsp3) is 0.500. The number of aromatic nitrogens is 4. The monoisotopic (exact) mass is 310 g/mol. The lowest BCUT2D eigenvalue weighted by atomic mass is 10.0. The van der Waals surface area contributed by atoms with Crippen molar-refractivity contribution < 1.29 is 0 Å². The fourth-order valence-electron chi connectivity index (χ4n) is 2.12. The third kappa shape index (κ3) is 2.81. The summed E-state index contributed by atoms with van der Waals surface area (Å²) in [5.41, 5.74) is 2.27. The molecule has 1 fully saturated rings. The number of hydrogen-bond donors (Lipinski definition) is 0. The summed E-state index contributed by atoms with van der Waals surface area (Å²) in [6.45, 7) is 4.96. The van der Waals surface area contributed by atoms with Gasteiger partial charge in [0.25, 0.3) is 0 Å². The minimum atomic E-state index is -0.604. The number of benzene rings is 1. The summed E-state index contributed by atoms with van der Waals surface area (Å²) < 4.78 is -0.604. The van der Waals surface area contributed by atoms with E-state index in [0.717, 1.165) is 12.0 Å². The Hall–Kier alpha value is -1.13. The molecule has 3 rings (SSSR count). The second kappa shape index (κ2) is 5.01. The highest BCUT2D eigenvalue weighted by Gasteiger charge is 2.52. The van der Waals surface area contributed by atoms with Crippen LogP contribution in [0, 0.1) is 5.92 Å². The maximum atomic E-state index is 6.00. The van der Waals surface area contributed by atoms with Crippen LogP contribution in [0.25, 0.3) is 11.4 Å². The van der Waals surface area contributed by atoms with Crippen LogP contribution in [0.1, 0.15) is 31.7 Å². The van der Waals surface area contributed by atoms with Gasteiger partial charge in [0.05, 0.1) is 6.54 Å². The zero-order valence-electron chi connectivity index (χ0n) is 11.4. The number of hydrogen-bond acceptors (Lipinski definition) is 3. The molecule has 0 aliphatic heterocycles. The normalized spacial score (nSPS) is 20.4. The molecule has 0 N–H and O–H groups in total. The van der Waals surface area contributed by atoms with Gasteiger partial charge in [-0.1, -0.05) is 38.1 Å². The predicted octanol–water partition coefficient (Wildman–Crippen LogP) is 3.66. The van der Waals surface area contributed by atoms with Crippen LogP contribution in [0.2, 0.25) is 0 Å². The zero-order valence-corrected chi connectivity index (χ0v) is 12.9. The summed E-state index contributed by atoms with van der Waals surface area (Å²) in [5.74, 6) is 1.37. The number of halogens is 2. The second-order valence-electron chi connectivity index (χ2n) is 5.61. The van der Waals surface area contributed by atoms with E-state index in [4.69, 9.17) is 23.2 Å². The molecule has 1 aromatic carbocycles. The minimum Gasteiger partial charge on any atom is -0.163 e. The molecule has 1 aliphatic rings. The molecule has 6 heteroatoms. The summed E-state index contributed by atoms with van der Waals surface area (Å²) in [7, 11) is 0. The number of nitrogens with zero attached hydrogens (tertiary/aromatic N) is 4. The van der Waals surface area contributed by atoms with Crippen LogP contribution in [0.4, 0.5) is 0 Å². The Bertz CT molecular complexity index is 604. The highest BCUT2D eigenvalue weighted by Crippen LogP contribution is 2.53. The van der Waals surface area contributed by atoms with Crippen molar-refractivity contribution in [3.8, 4) is 11.4 Å². The third-order valence-corrected chi connectivity index (χ3v) is 4.55. The van der Waals surface area contributed by atoms with Crippen LogP contribution < -0.4 is 0 Å². The van der Waals surface area contributed by atoms with Gasteiger partial charge in [0.15, 0.2) is 0 Å². The average Bonchev–Trinajstić information content (AvgIpc) is 2.82. The van der Waals surface area contributed by atoms with Crippen molar-refractivity contribution in [2.45, 2.75) is 37.1 Å². The Morgan fingerprint density at radius 3 is 2.50 bits per heavy atom. The lowest BCUT2D eigenvalue weighted by molar-refractivity contribution is 0.484. The maximum absolute atomic E-state index is 6.00. The highest BCUT2D eigenvalue weighted by atomic mass is 35.5. The van der Waals surface area contributed by atoms with Crippen molar-refractivity contribution in [3.63, 3.8) is 0 Å². The molecule has 2 aromatic rings. The Balaban J connectivity index is 1.73. The third-order valence-electron chi connectivity index (χ3n) is 3.63. The fourth-order valence-corrected chi connectivity index (χ4v) is 2.63. The van der Waals surface area contributed by atoms with Gasteiger partial charge >= 0.3 is 0 Å². The molecule has 1 heterocycles. The average molecular weight is 311 g/mol. The summed E-state index contributed by atoms with van der Waals surface area (Å²) in [5, 5.41) is 12.5. The van der Waals surface area contributed by atoms with Gasteiger partial charge in [-0.25, -0.2) is 0 Å². The largest absolute Gasteiger partial charge is 0.204 e. The van der Waals surface area contributed by atoms with Crippen molar-refractivity contribution in [1.29, 1.82) is 0 Å². The van der Waals surface area contributed by atoms with E-state index in [9.17, 15) is 0 Å². The molecule has 0 bridgehead atoms. The molecule has 0 unspecified atom stereocenters. The molecule has 0 amide bonds. The first-order valence-electron chi connectivity index (χ1n) is 6.71. The van der Waals surface area contributed by atoms with E-state index < -0.39 is 4.33 Å². The molecule has 20 heavy (non-hydrogen) atoms. The Morgan fingerprint density at radius 2 is 1.95 bits per heavy atom. The van der Waals surface area contributed by atoms with Crippen molar-refractivity contribution >= 4 is 23.2 Å². The van der Waals surface area contributed by atoms with Crippen molar-refractivity contribution in [2.75, 3.05) is 0 Å². The van der Waals surface area contributed by atoms with Gasteiger partial charge in [0.2, 0.25) is 5.82 Å². The molecule has 106 valence electrons. The number of rotatable bonds is 4. The lowest BCUT2D eigenvalue weighted by Gasteiger charge is -2.04. The van der Waals surface area contributed by atoms with Gasteiger partial charge in [0.1, 0.15) is 4.33 Å². The summed E-state index contributed by atoms with van der Waals surface area (Å²) in [6, 6.07) is 8.26. The Morgan fingerprint density at radius 1 is 1.30 bits per heavy atom. The molecule has 1 saturated carbocycles. The van der Waals surface area contributed by atoms with E-state index in [-0.39, 0.29) is 5.92 Å². The second-order valence-corrected chi connectivity index (χ2v) is 7.15. The minimum absolute atomic E-state index is 0.219. The SMILES string of the molecule is CC(C)c1ccc(-c2nnn(C[C@H]3CC3(Cl)Cl)n2)cc1. The van der Waals surface area contributed by atoms with Gasteiger partial charge in [0, 0.05) is 11.5 Å². The number of tetrazole rings is 1. The summed E-state index contributed by atoms with van der Waals surface area (Å²) >= 11 is 12.0. The maximum Gasteiger partial charge on any atom is 0.204 e. The molecule has 1 aromatic heterocycles. The predicted molar refractivity (Wildman–Crippen MR) is 79.9 cm³/mol. The van der Waals surface area contributed by atoms with E-state index >= 15 is 0 Å². The smallest absolute Gasteiger partial charge is 0.163 e. The molecule has 1 atom stereocenters. The summed E-state index contributed by atoms with van der Waals surface area (Å²) in [4.78, 5) is 1.57.